The Morgan fingerprint density at radius 3 is 2.53 bits per heavy atom. The summed E-state index contributed by atoms with van der Waals surface area (Å²) in [6, 6.07) is 2.17. The Bertz CT molecular complexity index is 972. The van der Waals surface area contributed by atoms with Crippen LogP contribution in [-0.2, 0) is 4.79 Å². The van der Waals surface area contributed by atoms with Gasteiger partial charge in [0.25, 0.3) is 0 Å². The van der Waals surface area contributed by atoms with E-state index in [0.717, 1.165) is 55.1 Å². The number of rotatable bonds is 5. The van der Waals surface area contributed by atoms with Gasteiger partial charge in [-0.2, -0.15) is 5.26 Å². The van der Waals surface area contributed by atoms with Gasteiger partial charge in [-0.15, -0.1) is 0 Å². The Morgan fingerprint density at radius 1 is 1.06 bits per heavy atom. The zero-order chi connectivity index (χ0) is 23.8. The van der Waals surface area contributed by atoms with E-state index in [0.29, 0.717) is 35.0 Å². The zero-order valence-corrected chi connectivity index (χ0v) is 20.9. The van der Waals surface area contributed by atoms with Gasteiger partial charge in [0.05, 0.1) is 23.4 Å². The Morgan fingerprint density at radius 2 is 1.82 bits per heavy atom. The second kappa shape index (κ2) is 7.92. The predicted molar refractivity (Wildman–Crippen MR) is 132 cm³/mol. The monoisotopic (exact) mass is 463 g/mol. The van der Waals surface area contributed by atoms with Crippen LogP contribution in [0.1, 0.15) is 78.1 Å². The largest absolute Gasteiger partial charge is 0.403 e. The number of allylic oxidation sites excluding steroid dienone is 1. The summed E-state index contributed by atoms with van der Waals surface area (Å²) in [6.07, 6.45) is 12.8. The summed E-state index contributed by atoms with van der Waals surface area (Å²) >= 11 is 0. The molecule has 5 heteroatoms. The maximum atomic E-state index is 13.7. The molecule has 184 valence electrons. The minimum atomic E-state index is -0.464. The molecule has 0 aromatic carbocycles. The molecule has 6 aliphatic rings. The van der Waals surface area contributed by atoms with Crippen molar-refractivity contribution in [1.29, 1.82) is 5.26 Å². The van der Waals surface area contributed by atoms with Crippen LogP contribution in [0.15, 0.2) is 16.8 Å². The van der Waals surface area contributed by atoms with Gasteiger partial charge in [-0.1, -0.05) is 6.92 Å². The van der Waals surface area contributed by atoms with E-state index in [1.807, 2.05) is 6.92 Å². The van der Waals surface area contributed by atoms with E-state index in [1.165, 1.54) is 44.7 Å². The number of fused-ring (bicyclic) bond motifs is 7. The summed E-state index contributed by atoms with van der Waals surface area (Å²) in [7, 11) is 0. The molecule has 0 saturated heterocycles. The molecule has 6 fully saturated rings. The number of nitriles is 1. The molecule has 0 aromatic heterocycles. The highest BCUT2D eigenvalue weighted by atomic mass is 16.3. The fourth-order valence-corrected chi connectivity index (χ4v) is 9.89. The summed E-state index contributed by atoms with van der Waals surface area (Å²) < 4.78 is 0. The lowest BCUT2D eigenvalue weighted by atomic mass is 9.48. The molecule has 0 radical (unpaired) electrons. The van der Waals surface area contributed by atoms with E-state index in [1.54, 1.807) is 0 Å². The maximum absolute atomic E-state index is 13.7. The highest BCUT2D eigenvalue weighted by molar-refractivity contribution is 6.07. The number of nitrogens with two attached hydrogens (primary N) is 1. The van der Waals surface area contributed by atoms with Crippen molar-refractivity contribution in [2.75, 3.05) is 6.54 Å². The standard InChI is InChI=1S/C29H41N3O2/c1-28(34)9-7-19-17(12-28)5-6-21-20(19)8-10-29(2)25(21)22-11-23(22)26(29)24(33)15-32-27(16-3-4-16)18(13-30)14-31/h13,16-17,19-23,25-26,34H,3-12,15,30H2,1-2H3/t17-,19+,20?,21-,22-,23+,25-,26-,28-,29+/m1/s1. The van der Waals surface area contributed by atoms with E-state index < -0.39 is 5.60 Å². The van der Waals surface area contributed by atoms with Crippen LogP contribution in [0.3, 0.4) is 0 Å². The minimum absolute atomic E-state index is 0.121. The Balaban J connectivity index is 1.20. The highest BCUT2D eigenvalue weighted by Gasteiger charge is 2.70. The van der Waals surface area contributed by atoms with E-state index in [9.17, 15) is 15.2 Å². The second-order valence-corrected chi connectivity index (χ2v) is 13.3. The molecule has 6 aliphatic carbocycles. The first kappa shape index (κ1) is 22.8. The predicted octanol–water partition coefficient (Wildman–Crippen LogP) is 4.65. The molecule has 34 heavy (non-hydrogen) atoms. The van der Waals surface area contributed by atoms with Crippen molar-refractivity contribution in [1.82, 2.24) is 0 Å². The number of carbonyl (C=O) groups is 1. The van der Waals surface area contributed by atoms with Crippen molar-refractivity contribution >= 4 is 11.5 Å². The number of Topliss-reactive ketones (excluding diaryl/α,β-unsaturated/α-hetero) is 1. The molecule has 0 aromatic rings. The second-order valence-electron chi connectivity index (χ2n) is 13.3. The van der Waals surface area contributed by atoms with Crippen LogP contribution in [0, 0.1) is 70.0 Å². The van der Waals surface area contributed by atoms with Gasteiger partial charge in [0.2, 0.25) is 0 Å². The average Bonchev–Trinajstić information content (AvgIpc) is 3.72. The van der Waals surface area contributed by atoms with Crippen LogP contribution >= 0.6 is 0 Å². The lowest BCUT2D eigenvalue weighted by molar-refractivity contribution is -0.134. The number of aliphatic imine (C=N–C) groups is 1. The normalized spacial score (nSPS) is 49.8. The van der Waals surface area contributed by atoms with Crippen molar-refractivity contribution in [3.8, 4) is 6.07 Å². The van der Waals surface area contributed by atoms with Gasteiger partial charge in [0.15, 0.2) is 5.78 Å². The molecule has 5 nitrogen and oxygen atoms in total. The maximum Gasteiger partial charge on any atom is 0.158 e. The molecule has 6 rings (SSSR count). The molecule has 1 unspecified atom stereocenters. The number of nitrogens with zero attached hydrogens (tertiary/aromatic N) is 2. The van der Waals surface area contributed by atoms with Crippen LogP contribution in [-0.4, -0.2) is 28.7 Å². The number of ketones is 1. The fraction of sp³-hybridized carbons (Fsp3) is 0.828. The third-order valence-electron chi connectivity index (χ3n) is 11.3. The van der Waals surface area contributed by atoms with Gasteiger partial charge in [0, 0.05) is 18.0 Å². The van der Waals surface area contributed by atoms with Crippen molar-refractivity contribution in [3.63, 3.8) is 0 Å². The summed E-state index contributed by atoms with van der Waals surface area (Å²) in [5.74, 6) is 5.81. The zero-order valence-electron chi connectivity index (χ0n) is 20.9. The summed E-state index contributed by atoms with van der Waals surface area (Å²) in [4.78, 5) is 18.4. The van der Waals surface area contributed by atoms with Gasteiger partial charge in [-0.3, -0.25) is 9.79 Å². The molecule has 3 N–H and O–H groups in total. The summed E-state index contributed by atoms with van der Waals surface area (Å²) in [6.45, 7) is 4.69. The quantitative estimate of drug-likeness (QED) is 0.458. The van der Waals surface area contributed by atoms with Gasteiger partial charge in [-0.05, 0) is 118 Å². The van der Waals surface area contributed by atoms with Crippen molar-refractivity contribution in [2.24, 2.45) is 69.4 Å². The lowest BCUT2D eigenvalue weighted by Crippen LogP contribution is -2.52. The first-order valence-electron chi connectivity index (χ1n) is 13.9. The molecule has 10 atom stereocenters. The number of hydrogen-bond acceptors (Lipinski definition) is 5. The first-order chi connectivity index (χ1) is 16.3. The van der Waals surface area contributed by atoms with Gasteiger partial charge < -0.3 is 10.8 Å². The smallest absolute Gasteiger partial charge is 0.158 e. The highest BCUT2D eigenvalue weighted by Crippen LogP contribution is 2.74. The third-order valence-corrected chi connectivity index (χ3v) is 11.3. The first-order valence-corrected chi connectivity index (χ1v) is 13.9. The van der Waals surface area contributed by atoms with E-state index in [-0.39, 0.29) is 17.9 Å². The third kappa shape index (κ3) is 3.50. The Labute approximate surface area is 204 Å². The molecule has 0 amide bonds. The topological polar surface area (TPSA) is 99.5 Å². The number of aliphatic hydroxyl groups is 1. The van der Waals surface area contributed by atoms with E-state index in [2.05, 4.69) is 13.0 Å². The van der Waals surface area contributed by atoms with Crippen molar-refractivity contribution in [3.05, 3.63) is 11.8 Å². The fourth-order valence-electron chi connectivity index (χ4n) is 9.89. The molecule has 0 aliphatic heterocycles. The molecule has 0 heterocycles. The van der Waals surface area contributed by atoms with Crippen LogP contribution in [0.5, 0.6) is 0 Å². The average molecular weight is 464 g/mol. The van der Waals surface area contributed by atoms with E-state index >= 15 is 0 Å². The Kier molecular flexibility index (Phi) is 5.30. The minimum Gasteiger partial charge on any atom is -0.403 e. The van der Waals surface area contributed by atoms with Crippen LogP contribution in [0.4, 0.5) is 0 Å². The summed E-state index contributed by atoms with van der Waals surface area (Å²) in [5.41, 5.74) is 6.54. The van der Waals surface area contributed by atoms with Gasteiger partial charge in [0.1, 0.15) is 6.07 Å². The van der Waals surface area contributed by atoms with Gasteiger partial charge >= 0.3 is 0 Å². The number of hydrogen-bond donors (Lipinski definition) is 2. The van der Waals surface area contributed by atoms with Crippen molar-refractivity contribution in [2.45, 2.75) is 83.7 Å². The van der Waals surface area contributed by atoms with Gasteiger partial charge in [-0.25, -0.2) is 0 Å². The molecule has 0 spiro atoms. The SMILES string of the molecule is C[C@@]1(O)CC[C@@H]2C3CC[C@@]4(C)[C@@H]([C@@H]5C[C@@H]5[C@@H]4C(=O)CN=C(C(C#N)=CN)C4CC4)[C@@H]3CC[C@@H]2C1. The molecular weight excluding hydrogens is 422 g/mol. The Hall–Kier alpha value is -1.67. The van der Waals surface area contributed by atoms with Crippen LogP contribution in [0.25, 0.3) is 0 Å². The van der Waals surface area contributed by atoms with E-state index in [4.69, 9.17) is 10.7 Å². The summed E-state index contributed by atoms with van der Waals surface area (Å²) in [5, 5.41) is 20.1. The van der Waals surface area contributed by atoms with Crippen LogP contribution in [0.2, 0.25) is 0 Å². The van der Waals surface area contributed by atoms with Crippen LogP contribution < -0.4 is 5.73 Å². The molecule has 0 bridgehead atoms. The van der Waals surface area contributed by atoms with Crippen molar-refractivity contribution < 1.29 is 9.90 Å². The lowest BCUT2D eigenvalue weighted by Gasteiger charge is -2.57. The molecule has 6 saturated carbocycles. The molecular formula is C29H41N3O2. The number of carbonyl (C=O) groups excluding carboxylic acids is 1.